The zero-order chi connectivity index (χ0) is 15.6. The summed E-state index contributed by atoms with van der Waals surface area (Å²) in [6.07, 6.45) is 7.46. The predicted molar refractivity (Wildman–Crippen MR) is 108 cm³/mol. The van der Waals surface area contributed by atoms with E-state index in [0.29, 0.717) is 12.5 Å². The van der Waals surface area contributed by atoms with Crippen molar-refractivity contribution in [3.8, 4) is 0 Å². The Hall–Kier alpha value is -0.330. The van der Waals surface area contributed by atoms with E-state index in [0.717, 1.165) is 51.9 Å². The molecule has 1 aliphatic rings. The third-order valence-corrected chi connectivity index (χ3v) is 5.28. The average molecular weight is 396 g/mol. The number of likely N-dealkylation sites (tertiary alicyclic amines) is 1. The van der Waals surface area contributed by atoms with Crippen LogP contribution in [0.4, 0.5) is 0 Å². The van der Waals surface area contributed by atoms with Gasteiger partial charge in [0.25, 0.3) is 0 Å². The zero-order valence-electron chi connectivity index (χ0n) is 14.2. The minimum Gasteiger partial charge on any atom is -0.354 e. The van der Waals surface area contributed by atoms with Crippen LogP contribution < -0.4 is 11.1 Å². The minimum absolute atomic E-state index is 0. The van der Waals surface area contributed by atoms with Crippen LogP contribution in [-0.2, 0) is 4.79 Å². The van der Waals surface area contributed by atoms with E-state index in [9.17, 15) is 4.79 Å². The second-order valence-electron chi connectivity index (χ2n) is 6.03. The standard InChI is InChI=1S/C17H29N3OS.2ClH/c18-10-4-2-1-3-9-17(21)19-14-15(16-8-7-13-22-16)20-11-5-6-12-20;;/h7-8,13,15H,1-6,9-12,14,18H2,(H,19,21);2*1H. The molecular weight excluding hydrogens is 365 g/mol. The van der Waals surface area contributed by atoms with Gasteiger partial charge in [0, 0.05) is 17.8 Å². The zero-order valence-corrected chi connectivity index (χ0v) is 16.7. The molecule has 1 aromatic rings. The van der Waals surface area contributed by atoms with Gasteiger partial charge in [0.05, 0.1) is 6.04 Å². The molecule has 1 aliphatic heterocycles. The minimum atomic E-state index is 0. The summed E-state index contributed by atoms with van der Waals surface area (Å²) in [6.45, 7) is 3.79. The first kappa shape index (κ1) is 23.7. The molecule has 3 N–H and O–H groups in total. The molecule has 7 heteroatoms. The maximum absolute atomic E-state index is 12.0. The van der Waals surface area contributed by atoms with Crippen molar-refractivity contribution in [2.75, 3.05) is 26.2 Å². The van der Waals surface area contributed by atoms with Gasteiger partial charge in [-0.25, -0.2) is 0 Å². The summed E-state index contributed by atoms with van der Waals surface area (Å²) < 4.78 is 0. The van der Waals surface area contributed by atoms with Crippen molar-refractivity contribution in [3.63, 3.8) is 0 Å². The Labute approximate surface area is 162 Å². The summed E-state index contributed by atoms with van der Waals surface area (Å²) in [6, 6.07) is 4.64. The second kappa shape index (κ2) is 13.9. The Morgan fingerprint density at radius 1 is 1.21 bits per heavy atom. The first-order valence-electron chi connectivity index (χ1n) is 8.55. The quantitative estimate of drug-likeness (QED) is 0.592. The molecule has 2 heterocycles. The topological polar surface area (TPSA) is 58.4 Å². The van der Waals surface area contributed by atoms with Gasteiger partial charge in [0.1, 0.15) is 0 Å². The lowest BCUT2D eigenvalue weighted by molar-refractivity contribution is -0.121. The maximum Gasteiger partial charge on any atom is 0.220 e. The highest BCUT2D eigenvalue weighted by Crippen LogP contribution is 2.27. The molecule has 0 saturated carbocycles. The molecule has 24 heavy (non-hydrogen) atoms. The SMILES string of the molecule is Cl.Cl.NCCCCCCC(=O)NCC(c1cccs1)N1CCCC1. The first-order chi connectivity index (χ1) is 10.8. The van der Waals surface area contributed by atoms with Crippen molar-refractivity contribution < 1.29 is 4.79 Å². The van der Waals surface area contributed by atoms with Gasteiger partial charge in [-0.3, -0.25) is 9.69 Å². The van der Waals surface area contributed by atoms with Crippen molar-refractivity contribution in [2.45, 2.75) is 51.0 Å². The number of hydrogen-bond acceptors (Lipinski definition) is 4. The van der Waals surface area contributed by atoms with Gasteiger partial charge in [0.2, 0.25) is 5.91 Å². The number of nitrogens with zero attached hydrogens (tertiary/aromatic N) is 1. The van der Waals surface area contributed by atoms with Crippen LogP contribution in [0.25, 0.3) is 0 Å². The largest absolute Gasteiger partial charge is 0.354 e. The van der Waals surface area contributed by atoms with E-state index < -0.39 is 0 Å². The molecule has 0 bridgehead atoms. The number of halogens is 2. The van der Waals surface area contributed by atoms with Crippen LogP contribution in [0, 0.1) is 0 Å². The maximum atomic E-state index is 12.0. The third-order valence-electron chi connectivity index (χ3n) is 4.30. The van der Waals surface area contributed by atoms with Gasteiger partial charge in [0.15, 0.2) is 0 Å². The molecule has 0 radical (unpaired) electrons. The lowest BCUT2D eigenvalue weighted by Crippen LogP contribution is -2.36. The van der Waals surface area contributed by atoms with Crippen LogP contribution >= 0.6 is 36.2 Å². The van der Waals surface area contributed by atoms with Gasteiger partial charge in [-0.15, -0.1) is 36.2 Å². The second-order valence-corrected chi connectivity index (χ2v) is 7.01. The molecule has 1 unspecified atom stereocenters. The van der Waals surface area contributed by atoms with Crippen molar-refractivity contribution in [2.24, 2.45) is 5.73 Å². The highest BCUT2D eigenvalue weighted by atomic mass is 35.5. The molecule has 1 fully saturated rings. The number of carbonyl (C=O) groups excluding carboxylic acids is 1. The van der Waals surface area contributed by atoms with E-state index in [1.54, 1.807) is 11.3 Å². The fourth-order valence-corrected chi connectivity index (χ4v) is 3.89. The van der Waals surface area contributed by atoms with Gasteiger partial charge in [-0.1, -0.05) is 18.9 Å². The lowest BCUT2D eigenvalue weighted by atomic mass is 10.1. The van der Waals surface area contributed by atoms with Crippen molar-refractivity contribution in [1.29, 1.82) is 0 Å². The highest BCUT2D eigenvalue weighted by molar-refractivity contribution is 7.10. The first-order valence-corrected chi connectivity index (χ1v) is 9.43. The van der Waals surface area contributed by atoms with Gasteiger partial charge in [-0.05, 0) is 56.8 Å². The molecule has 140 valence electrons. The van der Waals surface area contributed by atoms with E-state index in [4.69, 9.17) is 5.73 Å². The number of nitrogens with one attached hydrogen (secondary N) is 1. The molecule has 0 spiro atoms. The van der Waals surface area contributed by atoms with Crippen LogP contribution in [-0.4, -0.2) is 37.0 Å². The average Bonchev–Trinajstić information content (AvgIpc) is 3.21. The smallest absolute Gasteiger partial charge is 0.220 e. The monoisotopic (exact) mass is 395 g/mol. The fraction of sp³-hybridized carbons (Fsp3) is 0.706. The summed E-state index contributed by atoms with van der Waals surface area (Å²) in [5.74, 6) is 0.188. The Morgan fingerprint density at radius 3 is 2.54 bits per heavy atom. The molecule has 0 aromatic carbocycles. The molecular formula is C17H31Cl2N3OS. The van der Waals surface area contributed by atoms with Crippen LogP contribution in [0.15, 0.2) is 17.5 Å². The van der Waals surface area contributed by atoms with E-state index in [1.807, 2.05) is 0 Å². The Balaban J connectivity index is 0.00000264. The highest BCUT2D eigenvalue weighted by Gasteiger charge is 2.24. The summed E-state index contributed by atoms with van der Waals surface area (Å²) in [5, 5.41) is 5.26. The molecule has 0 aliphatic carbocycles. The van der Waals surface area contributed by atoms with Crippen molar-refractivity contribution >= 4 is 42.1 Å². The molecule has 1 amide bonds. The van der Waals surface area contributed by atoms with Gasteiger partial charge in [-0.2, -0.15) is 0 Å². The fourth-order valence-electron chi connectivity index (χ4n) is 3.03. The molecule has 1 atom stereocenters. The Kier molecular flexibility index (Phi) is 13.7. The van der Waals surface area contributed by atoms with E-state index in [1.165, 1.54) is 17.7 Å². The summed E-state index contributed by atoms with van der Waals surface area (Å²) in [4.78, 5) is 15.9. The number of nitrogens with two attached hydrogens (primary N) is 1. The number of thiophene rings is 1. The number of rotatable bonds is 10. The normalized spacial score (nSPS) is 15.4. The molecule has 1 saturated heterocycles. The third kappa shape index (κ3) is 8.17. The number of unbranched alkanes of at least 4 members (excludes halogenated alkanes) is 3. The summed E-state index contributed by atoms with van der Waals surface area (Å²) in [7, 11) is 0. The number of amides is 1. The number of carbonyl (C=O) groups is 1. The molecule has 2 rings (SSSR count). The van der Waals surface area contributed by atoms with Gasteiger partial charge >= 0.3 is 0 Å². The number of hydrogen-bond donors (Lipinski definition) is 2. The molecule has 1 aromatic heterocycles. The van der Waals surface area contributed by atoms with Crippen LogP contribution in [0.3, 0.4) is 0 Å². The van der Waals surface area contributed by atoms with E-state index in [-0.39, 0.29) is 30.7 Å². The van der Waals surface area contributed by atoms with Crippen LogP contribution in [0.2, 0.25) is 0 Å². The molecule has 4 nitrogen and oxygen atoms in total. The van der Waals surface area contributed by atoms with Crippen molar-refractivity contribution in [1.82, 2.24) is 10.2 Å². The van der Waals surface area contributed by atoms with Gasteiger partial charge < -0.3 is 11.1 Å². The Bertz CT molecular complexity index is 425. The van der Waals surface area contributed by atoms with E-state index in [2.05, 4.69) is 27.7 Å². The summed E-state index contributed by atoms with van der Waals surface area (Å²) in [5.41, 5.74) is 5.47. The van der Waals surface area contributed by atoms with Crippen molar-refractivity contribution in [3.05, 3.63) is 22.4 Å². The van der Waals surface area contributed by atoms with Crippen LogP contribution in [0.1, 0.15) is 55.9 Å². The summed E-state index contributed by atoms with van der Waals surface area (Å²) >= 11 is 1.79. The lowest BCUT2D eigenvalue weighted by Gasteiger charge is -2.26. The van der Waals surface area contributed by atoms with Crippen LogP contribution in [0.5, 0.6) is 0 Å². The van der Waals surface area contributed by atoms with E-state index >= 15 is 0 Å². The predicted octanol–water partition coefficient (Wildman–Crippen LogP) is 3.75. The Morgan fingerprint density at radius 2 is 1.92 bits per heavy atom.